The quantitative estimate of drug-likeness (QED) is 0.135. The molecule has 0 radical (unpaired) electrons. The Morgan fingerprint density at radius 2 is 1.49 bits per heavy atom. The standard InChI is InChI=1S/C40H62N6O5/c1-5-20-48-22-24-50-26-27-51-25-23-49-21-19-44-16-13-33(14-17-44)28-39(47)41-38(34-9-7-6-8-10-34)15-18-45-35-11-12-36(45)30-37(29-35)46-32(4)42-43-40(46)31(2)3/h1,6-10,31,33,35-38H,11-30H2,2-4H3,(H,41,47)/t35?,36?,37?,38-/m0/s1. The van der Waals surface area contributed by atoms with Gasteiger partial charge in [-0.05, 0) is 76.4 Å². The van der Waals surface area contributed by atoms with Gasteiger partial charge in [0.1, 0.15) is 18.3 Å². The zero-order valence-electron chi connectivity index (χ0n) is 31.3. The number of fused-ring (bicyclic) bond motifs is 2. The number of carbonyl (C=O) groups is 1. The van der Waals surface area contributed by atoms with Gasteiger partial charge in [0.05, 0.1) is 52.3 Å². The van der Waals surface area contributed by atoms with Crippen LogP contribution >= 0.6 is 0 Å². The molecule has 3 fully saturated rings. The lowest BCUT2D eigenvalue weighted by Crippen LogP contribution is -2.45. The smallest absolute Gasteiger partial charge is 0.220 e. The van der Waals surface area contributed by atoms with E-state index in [0.717, 1.165) is 69.9 Å². The molecule has 3 saturated heterocycles. The third kappa shape index (κ3) is 12.1. The van der Waals surface area contributed by atoms with E-state index in [1.54, 1.807) is 0 Å². The van der Waals surface area contributed by atoms with Gasteiger partial charge in [0.15, 0.2) is 0 Å². The number of likely N-dealkylation sites (tertiary alicyclic amines) is 1. The SMILES string of the molecule is C#CCOCCOCCOCCOCCN1CCC(CC(=O)N[C@@H](CCN2C3CCC2CC(n2c(C)nnc2C(C)C)C3)c2ccccc2)CC1. The molecule has 1 aromatic heterocycles. The largest absolute Gasteiger partial charge is 0.378 e. The summed E-state index contributed by atoms with van der Waals surface area (Å²) in [6.07, 6.45) is 13.6. The van der Waals surface area contributed by atoms with Crippen LogP contribution < -0.4 is 5.32 Å². The Morgan fingerprint density at radius 3 is 2.12 bits per heavy atom. The Bertz CT molecular complexity index is 1330. The highest BCUT2D eigenvalue weighted by molar-refractivity contribution is 5.76. The predicted molar refractivity (Wildman–Crippen MR) is 198 cm³/mol. The molecule has 3 aliphatic heterocycles. The predicted octanol–water partition coefficient (Wildman–Crippen LogP) is 4.93. The van der Waals surface area contributed by atoms with Crippen LogP contribution in [0.2, 0.25) is 0 Å². The van der Waals surface area contributed by atoms with E-state index in [1.165, 1.54) is 18.4 Å². The summed E-state index contributed by atoms with van der Waals surface area (Å²) in [6, 6.07) is 12.2. The minimum atomic E-state index is 0.0241. The molecule has 11 nitrogen and oxygen atoms in total. The Kier molecular flexibility index (Phi) is 16.2. The number of ether oxygens (including phenoxy) is 4. The van der Waals surface area contributed by atoms with E-state index < -0.39 is 0 Å². The van der Waals surface area contributed by atoms with Gasteiger partial charge in [-0.3, -0.25) is 9.69 Å². The van der Waals surface area contributed by atoms with Crippen LogP contribution in [0.1, 0.15) is 100 Å². The van der Waals surface area contributed by atoms with E-state index in [0.29, 0.717) is 89.2 Å². The van der Waals surface area contributed by atoms with Crippen molar-refractivity contribution in [1.29, 1.82) is 0 Å². The lowest BCUT2D eigenvalue weighted by Gasteiger charge is -2.40. The molecule has 0 spiro atoms. The highest BCUT2D eigenvalue weighted by Gasteiger charge is 2.42. The topological polar surface area (TPSA) is 103 Å². The Hall–Kier alpha value is -2.85. The van der Waals surface area contributed by atoms with Crippen molar-refractivity contribution in [1.82, 2.24) is 29.9 Å². The van der Waals surface area contributed by atoms with Crippen molar-refractivity contribution < 1.29 is 23.7 Å². The van der Waals surface area contributed by atoms with Crippen LogP contribution in [0, 0.1) is 25.2 Å². The van der Waals surface area contributed by atoms with Crippen molar-refractivity contribution in [2.45, 2.75) is 102 Å². The molecule has 2 aromatic rings. The number of carbonyl (C=O) groups excluding carboxylic acids is 1. The third-order valence-electron chi connectivity index (χ3n) is 10.9. The maximum atomic E-state index is 13.5. The second-order valence-electron chi connectivity index (χ2n) is 14.8. The first-order chi connectivity index (χ1) is 24.9. The van der Waals surface area contributed by atoms with Crippen LogP contribution in [0.3, 0.4) is 0 Å². The van der Waals surface area contributed by atoms with Gasteiger partial charge in [-0.2, -0.15) is 0 Å². The number of aromatic nitrogens is 3. The molecule has 4 heterocycles. The van der Waals surface area contributed by atoms with Crippen molar-refractivity contribution in [3.8, 4) is 12.3 Å². The average Bonchev–Trinajstić information content (AvgIpc) is 3.64. The summed E-state index contributed by atoms with van der Waals surface area (Å²) in [5, 5.41) is 12.4. The number of piperidine rings is 2. The number of terminal acetylenes is 1. The monoisotopic (exact) mass is 706 g/mol. The molecule has 0 saturated carbocycles. The summed E-state index contributed by atoms with van der Waals surface area (Å²) in [5.41, 5.74) is 1.20. The van der Waals surface area contributed by atoms with E-state index >= 15 is 0 Å². The maximum absolute atomic E-state index is 13.5. The fraction of sp³-hybridized carbons (Fsp3) is 0.725. The first-order valence-corrected chi connectivity index (χ1v) is 19.4. The van der Waals surface area contributed by atoms with Crippen LogP contribution in [0.5, 0.6) is 0 Å². The van der Waals surface area contributed by atoms with E-state index in [9.17, 15) is 4.79 Å². The molecule has 0 aliphatic carbocycles. The first-order valence-electron chi connectivity index (χ1n) is 19.4. The molecule has 51 heavy (non-hydrogen) atoms. The molecule has 282 valence electrons. The Morgan fingerprint density at radius 1 is 0.863 bits per heavy atom. The second-order valence-corrected chi connectivity index (χ2v) is 14.8. The van der Waals surface area contributed by atoms with Gasteiger partial charge in [0, 0.05) is 43.6 Å². The number of hydrogen-bond donors (Lipinski definition) is 1. The van der Waals surface area contributed by atoms with Crippen LogP contribution in [-0.2, 0) is 23.7 Å². The number of aryl methyl sites for hydroxylation is 1. The zero-order valence-corrected chi connectivity index (χ0v) is 31.3. The first kappa shape index (κ1) is 39.4. The normalized spacial score (nSPS) is 22.0. The number of nitrogens with zero attached hydrogens (tertiary/aromatic N) is 5. The molecule has 1 aromatic carbocycles. The van der Waals surface area contributed by atoms with Gasteiger partial charge in [-0.15, -0.1) is 16.6 Å². The van der Waals surface area contributed by atoms with Crippen molar-refractivity contribution in [3.05, 3.63) is 47.5 Å². The maximum Gasteiger partial charge on any atom is 0.220 e. The number of amides is 1. The van der Waals surface area contributed by atoms with Crippen molar-refractivity contribution >= 4 is 5.91 Å². The Balaban J connectivity index is 0.983. The Labute approximate surface area is 306 Å². The highest BCUT2D eigenvalue weighted by atomic mass is 16.6. The molecule has 5 rings (SSSR count). The summed E-state index contributed by atoms with van der Waals surface area (Å²) < 4.78 is 24.4. The zero-order chi connectivity index (χ0) is 35.8. The lowest BCUT2D eigenvalue weighted by molar-refractivity contribution is -0.123. The molecule has 2 unspecified atom stereocenters. The fourth-order valence-electron chi connectivity index (χ4n) is 8.25. The summed E-state index contributed by atoms with van der Waals surface area (Å²) in [6.45, 7) is 14.7. The summed E-state index contributed by atoms with van der Waals surface area (Å²) in [5.74, 6) is 5.56. The van der Waals surface area contributed by atoms with Gasteiger partial charge in [-0.1, -0.05) is 50.1 Å². The molecule has 1 N–H and O–H groups in total. The third-order valence-corrected chi connectivity index (χ3v) is 10.9. The molecule has 1 amide bonds. The number of nitrogens with one attached hydrogen (secondary N) is 1. The number of benzene rings is 1. The fourth-order valence-corrected chi connectivity index (χ4v) is 8.25. The lowest BCUT2D eigenvalue weighted by atomic mass is 9.92. The minimum absolute atomic E-state index is 0.0241. The number of rotatable bonds is 22. The van der Waals surface area contributed by atoms with E-state index in [4.69, 9.17) is 25.4 Å². The van der Waals surface area contributed by atoms with E-state index in [-0.39, 0.29) is 11.9 Å². The van der Waals surface area contributed by atoms with Gasteiger partial charge >= 0.3 is 0 Å². The summed E-state index contributed by atoms with van der Waals surface area (Å²) in [4.78, 5) is 18.7. The van der Waals surface area contributed by atoms with Gasteiger partial charge in [0.25, 0.3) is 0 Å². The van der Waals surface area contributed by atoms with Crippen LogP contribution in [0.25, 0.3) is 0 Å². The molecular weight excluding hydrogens is 644 g/mol. The number of hydrogen-bond acceptors (Lipinski definition) is 9. The summed E-state index contributed by atoms with van der Waals surface area (Å²) >= 11 is 0. The van der Waals surface area contributed by atoms with Crippen molar-refractivity contribution in [3.63, 3.8) is 0 Å². The van der Waals surface area contributed by atoms with Crippen LogP contribution in [0.15, 0.2) is 30.3 Å². The highest BCUT2D eigenvalue weighted by Crippen LogP contribution is 2.42. The second kappa shape index (κ2) is 21.0. The molecule has 3 atom stereocenters. The van der Waals surface area contributed by atoms with Gasteiger partial charge in [-0.25, -0.2) is 0 Å². The van der Waals surface area contributed by atoms with Gasteiger partial charge < -0.3 is 33.7 Å². The average molecular weight is 707 g/mol. The molecular formula is C40H62N6O5. The van der Waals surface area contributed by atoms with E-state index in [1.807, 2.05) is 0 Å². The molecule has 11 heteroatoms. The van der Waals surface area contributed by atoms with Crippen molar-refractivity contribution in [2.75, 3.05) is 79.0 Å². The van der Waals surface area contributed by atoms with Gasteiger partial charge in [0.2, 0.25) is 5.91 Å². The van der Waals surface area contributed by atoms with Crippen LogP contribution in [-0.4, -0.2) is 122 Å². The summed E-state index contributed by atoms with van der Waals surface area (Å²) in [7, 11) is 0. The molecule has 2 bridgehead atoms. The van der Waals surface area contributed by atoms with Crippen molar-refractivity contribution in [2.24, 2.45) is 5.92 Å². The van der Waals surface area contributed by atoms with Crippen LogP contribution in [0.4, 0.5) is 0 Å². The minimum Gasteiger partial charge on any atom is -0.378 e. The van der Waals surface area contributed by atoms with E-state index in [2.05, 4.69) is 86.9 Å². The molecule has 3 aliphatic rings.